The lowest BCUT2D eigenvalue weighted by molar-refractivity contribution is 0.253. The molecule has 1 heterocycles. The zero-order valence-electron chi connectivity index (χ0n) is 7.99. The third-order valence-corrected chi connectivity index (χ3v) is 3.10. The number of imidazole rings is 1. The molecule has 0 saturated heterocycles. The van der Waals surface area contributed by atoms with E-state index in [0.29, 0.717) is 12.0 Å². The van der Waals surface area contributed by atoms with Crippen molar-refractivity contribution < 1.29 is 0 Å². The second-order valence-electron chi connectivity index (χ2n) is 4.00. The average molecular weight is 180 g/mol. The molecule has 1 N–H and O–H groups in total. The number of aromatic nitrogens is 2. The fraction of sp³-hybridized carbons (Fsp3) is 0.700. The summed E-state index contributed by atoms with van der Waals surface area (Å²) < 4.78 is 1.85. The van der Waals surface area contributed by atoms with Crippen LogP contribution in [0.4, 0.5) is 0 Å². The van der Waals surface area contributed by atoms with E-state index < -0.39 is 0 Å². The molecule has 0 radical (unpaired) electrons. The quantitative estimate of drug-likeness (QED) is 0.704. The van der Waals surface area contributed by atoms with Gasteiger partial charge < -0.3 is 4.98 Å². The van der Waals surface area contributed by atoms with E-state index in [4.69, 9.17) is 0 Å². The summed E-state index contributed by atoms with van der Waals surface area (Å²) in [6.07, 6.45) is 8.57. The van der Waals surface area contributed by atoms with E-state index in [1.807, 2.05) is 10.8 Å². The van der Waals surface area contributed by atoms with Crippen molar-refractivity contribution in [2.24, 2.45) is 5.92 Å². The van der Waals surface area contributed by atoms with Gasteiger partial charge in [-0.3, -0.25) is 4.57 Å². The normalized spacial score (nSPS) is 29.0. The van der Waals surface area contributed by atoms with Gasteiger partial charge in [-0.15, -0.1) is 0 Å². The average Bonchev–Trinajstić information content (AvgIpc) is 2.52. The first-order chi connectivity index (χ1) is 6.29. The molecular weight excluding hydrogens is 164 g/mol. The number of nitrogens with zero attached hydrogens (tertiary/aromatic N) is 1. The van der Waals surface area contributed by atoms with E-state index in [1.165, 1.54) is 19.3 Å². The summed E-state index contributed by atoms with van der Waals surface area (Å²) in [6.45, 7) is 2.24. The van der Waals surface area contributed by atoms with E-state index in [9.17, 15) is 4.79 Å². The van der Waals surface area contributed by atoms with Crippen molar-refractivity contribution in [3.8, 4) is 0 Å². The third-order valence-electron chi connectivity index (χ3n) is 3.10. The number of hydrogen-bond acceptors (Lipinski definition) is 1. The number of hydrogen-bond donors (Lipinski definition) is 1. The van der Waals surface area contributed by atoms with Gasteiger partial charge in [0.2, 0.25) is 0 Å². The molecule has 3 nitrogen and oxygen atoms in total. The van der Waals surface area contributed by atoms with Crippen LogP contribution in [-0.2, 0) is 0 Å². The van der Waals surface area contributed by atoms with Crippen molar-refractivity contribution in [3.05, 3.63) is 22.9 Å². The van der Waals surface area contributed by atoms with Crippen molar-refractivity contribution in [2.75, 3.05) is 0 Å². The van der Waals surface area contributed by atoms with E-state index in [0.717, 1.165) is 6.42 Å². The van der Waals surface area contributed by atoms with Crippen LogP contribution in [0, 0.1) is 5.92 Å². The maximum Gasteiger partial charge on any atom is 0.325 e. The van der Waals surface area contributed by atoms with Crippen LogP contribution in [0.3, 0.4) is 0 Å². The molecule has 1 saturated carbocycles. The lowest BCUT2D eigenvalue weighted by Crippen LogP contribution is -2.28. The molecule has 0 aliphatic heterocycles. The Morgan fingerprint density at radius 3 is 2.85 bits per heavy atom. The lowest BCUT2D eigenvalue weighted by Gasteiger charge is -2.28. The lowest BCUT2D eigenvalue weighted by atomic mass is 9.86. The smallest absolute Gasteiger partial charge is 0.313 e. The van der Waals surface area contributed by atoms with E-state index >= 15 is 0 Å². The molecule has 2 rings (SSSR count). The largest absolute Gasteiger partial charge is 0.325 e. The molecule has 1 fully saturated rings. The summed E-state index contributed by atoms with van der Waals surface area (Å²) >= 11 is 0. The van der Waals surface area contributed by atoms with Crippen LogP contribution >= 0.6 is 0 Å². The van der Waals surface area contributed by atoms with Gasteiger partial charge in [-0.2, -0.15) is 0 Å². The molecule has 0 spiro atoms. The van der Waals surface area contributed by atoms with E-state index in [2.05, 4.69) is 11.9 Å². The Kier molecular flexibility index (Phi) is 2.25. The maximum atomic E-state index is 11.4. The van der Waals surface area contributed by atoms with Crippen molar-refractivity contribution in [2.45, 2.75) is 38.6 Å². The van der Waals surface area contributed by atoms with Crippen molar-refractivity contribution >= 4 is 0 Å². The van der Waals surface area contributed by atoms with Gasteiger partial charge in [0.1, 0.15) is 0 Å². The van der Waals surface area contributed by atoms with Crippen LogP contribution in [0.15, 0.2) is 17.2 Å². The second-order valence-corrected chi connectivity index (χ2v) is 4.00. The van der Waals surface area contributed by atoms with Crippen LogP contribution in [0.2, 0.25) is 0 Å². The molecule has 0 aromatic carbocycles. The van der Waals surface area contributed by atoms with Crippen LogP contribution in [0.5, 0.6) is 0 Å². The molecule has 2 atom stereocenters. The molecule has 1 aliphatic rings. The fourth-order valence-corrected chi connectivity index (χ4v) is 2.30. The highest BCUT2D eigenvalue weighted by Gasteiger charge is 2.23. The zero-order chi connectivity index (χ0) is 9.26. The minimum Gasteiger partial charge on any atom is -0.313 e. The Morgan fingerprint density at radius 1 is 1.46 bits per heavy atom. The Bertz CT molecular complexity index is 326. The highest BCUT2D eigenvalue weighted by molar-refractivity contribution is 4.85. The topological polar surface area (TPSA) is 37.8 Å². The Labute approximate surface area is 77.8 Å². The monoisotopic (exact) mass is 180 g/mol. The Hall–Kier alpha value is -0.990. The summed E-state index contributed by atoms with van der Waals surface area (Å²) in [6, 6.07) is 0.424. The van der Waals surface area contributed by atoms with Gasteiger partial charge in [-0.25, -0.2) is 4.79 Å². The first kappa shape index (κ1) is 8.60. The molecule has 2 unspecified atom stereocenters. The first-order valence-electron chi connectivity index (χ1n) is 5.04. The van der Waals surface area contributed by atoms with Gasteiger partial charge in [-0.05, 0) is 18.8 Å². The predicted octanol–water partition coefficient (Wildman–Crippen LogP) is 1.93. The van der Waals surface area contributed by atoms with Crippen molar-refractivity contribution in [3.63, 3.8) is 0 Å². The summed E-state index contributed by atoms with van der Waals surface area (Å²) in [4.78, 5) is 14.1. The van der Waals surface area contributed by atoms with Crippen molar-refractivity contribution in [1.82, 2.24) is 9.55 Å². The number of rotatable bonds is 1. The highest BCUT2D eigenvalue weighted by Crippen LogP contribution is 2.32. The summed E-state index contributed by atoms with van der Waals surface area (Å²) in [5.74, 6) is 0.641. The summed E-state index contributed by atoms with van der Waals surface area (Å²) in [5.41, 5.74) is 0.0405. The van der Waals surface area contributed by atoms with Gasteiger partial charge >= 0.3 is 5.69 Å². The van der Waals surface area contributed by atoms with Gasteiger partial charge in [0.05, 0.1) is 0 Å². The molecule has 1 aromatic heterocycles. The maximum absolute atomic E-state index is 11.4. The first-order valence-corrected chi connectivity index (χ1v) is 5.04. The molecular formula is C10H16N2O. The predicted molar refractivity (Wildman–Crippen MR) is 51.7 cm³/mol. The SMILES string of the molecule is CC1CCCCC1n1cc[nH]c1=O. The van der Waals surface area contributed by atoms with Crippen LogP contribution < -0.4 is 5.69 Å². The molecule has 13 heavy (non-hydrogen) atoms. The number of H-pyrrole nitrogens is 1. The van der Waals surface area contributed by atoms with Crippen LogP contribution in [-0.4, -0.2) is 9.55 Å². The molecule has 72 valence electrons. The molecule has 1 aromatic rings. The van der Waals surface area contributed by atoms with Gasteiger partial charge in [0, 0.05) is 18.4 Å². The minimum absolute atomic E-state index is 0.0405. The Morgan fingerprint density at radius 2 is 2.23 bits per heavy atom. The van der Waals surface area contributed by atoms with E-state index in [-0.39, 0.29) is 5.69 Å². The van der Waals surface area contributed by atoms with E-state index in [1.54, 1.807) is 6.20 Å². The summed E-state index contributed by atoms with van der Waals surface area (Å²) in [5, 5.41) is 0. The molecule has 1 aliphatic carbocycles. The van der Waals surface area contributed by atoms with Crippen LogP contribution in [0.1, 0.15) is 38.6 Å². The molecule has 0 amide bonds. The summed E-state index contributed by atoms with van der Waals surface area (Å²) in [7, 11) is 0. The third kappa shape index (κ3) is 1.55. The Balaban J connectivity index is 2.24. The number of aromatic amines is 1. The number of nitrogens with one attached hydrogen (secondary N) is 1. The second kappa shape index (κ2) is 3.40. The highest BCUT2D eigenvalue weighted by atomic mass is 16.1. The molecule has 3 heteroatoms. The molecule has 0 bridgehead atoms. The standard InChI is InChI=1S/C10H16N2O/c1-8-4-2-3-5-9(8)12-7-6-11-10(12)13/h6-9H,2-5H2,1H3,(H,11,13). The van der Waals surface area contributed by atoms with Crippen LogP contribution in [0.25, 0.3) is 0 Å². The minimum atomic E-state index is 0.0405. The van der Waals surface area contributed by atoms with Gasteiger partial charge in [0.15, 0.2) is 0 Å². The zero-order valence-corrected chi connectivity index (χ0v) is 7.99. The van der Waals surface area contributed by atoms with Gasteiger partial charge in [-0.1, -0.05) is 19.8 Å². The fourth-order valence-electron chi connectivity index (χ4n) is 2.30. The van der Waals surface area contributed by atoms with Crippen molar-refractivity contribution in [1.29, 1.82) is 0 Å². The van der Waals surface area contributed by atoms with Gasteiger partial charge in [0.25, 0.3) is 0 Å².